The maximum absolute atomic E-state index is 7.89. The number of nitrogens with zero attached hydrogens (tertiary/aromatic N) is 5. The van der Waals surface area contributed by atoms with Gasteiger partial charge >= 0.3 is 5.82 Å². The number of fused-ring (bicyclic) bond motifs is 7. The van der Waals surface area contributed by atoms with Gasteiger partial charge in [0.1, 0.15) is 6.54 Å². The molecule has 0 fully saturated rings. The molecule has 0 N–H and O–H groups in total. The molecule has 5 nitrogen and oxygen atoms in total. The fraction of sp³-hybridized carbons (Fsp3) is 0.133. The molecule has 5 rings (SSSR count). The minimum atomic E-state index is -2.26. The summed E-state index contributed by atoms with van der Waals surface area (Å²) in [5.41, 5.74) is 4.06. The Labute approximate surface area is 119 Å². The first kappa shape index (κ1) is 7.79. The van der Waals surface area contributed by atoms with Gasteiger partial charge in [0.05, 0.1) is 11.7 Å². The van der Waals surface area contributed by atoms with Crippen molar-refractivity contribution in [1.82, 2.24) is 18.9 Å². The van der Waals surface area contributed by atoms with E-state index in [0.717, 1.165) is 22.6 Å². The highest BCUT2D eigenvalue weighted by Crippen LogP contribution is 2.29. The molecule has 0 radical (unpaired) electrons. The summed E-state index contributed by atoms with van der Waals surface area (Å²) in [6.45, 7) is -1.56. The van der Waals surface area contributed by atoms with Gasteiger partial charge in [-0.3, -0.25) is 4.98 Å². The Hall–Kier alpha value is -2.69. The van der Waals surface area contributed by atoms with Crippen molar-refractivity contribution in [3.63, 3.8) is 0 Å². The second-order valence-corrected chi connectivity index (χ2v) is 4.99. The second-order valence-electron chi connectivity index (χ2n) is 4.99. The van der Waals surface area contributed by atoms with E-state index in [-0.39, 0.29) is 0 Å². The summed E-state index contributed by atoms with van der Waals surface area (Å²) in [5, 5.41) is 0. The molecule has 0 aliphatic carbocycles. The van der Waals surface area contributed by atoms with E-state index in [2.05, 4.69) is 9.97 Å². The van der Waals surface area contributed by atoms with Crippen LogP contribution < -0.4 is 4.57 Å². The standard InChI is InChI=1S/C15H12N5/c1-18-11-4-6-16-7-12(11)20-13(18)9-19-8-10-3-2-5-17-14(10)15(19)20/h2-7,9H,8H2,1H3/q+1/i1D3. The maximum atomic E-state index is 7.89. The summed E-state index contributed by atoms with van der Waals surface area (Å²) in [7, 11) is 0. The van der Waals surface area contributed by atoms with Crippen LogP contribution in [-0.2, 0) is 13.5 Å². The summed E-state index contributed by atoms with van der Waals surface area (Å²) in [4.78, 5) is 8.66. The smallest absolute Gasteiger partial charge is 0.305 e. The zero-order chi connectivity index (χ0) is 15.8. The van der Waals surface area contributed by atoms with E-state index in [0.29, 0.717) is 17.7 Å². The molecule has 0 atom stereocenters. The van der Waals surface area contributed by atoms with E-state index >= 15 is 0 Å². The first-order valence-corrected chi connectivity index (χ1v) is 6.40. The molecule has 0 aromatic carbocycles. The van der Waals surface area contributed by atoms with Crippen LogP contribution in [0.5, 0.6) is 0 Å². The zero-order valence-corrected chi connectivity index (χ0v) is 10.5. The first-order chi connectivity index (χ1) is 11.1. The van der Waals surface area contributed by atoms with Gasteiger partial charge in [-0.25, -0.2) is 9.55 Å². The summed E-state index contributed by atoms with van der Waals surface area (Å²) in [6.07, 6.45) is 6.95. The van der Waals surface area contributed by atoms with Crippen molar-refractivity contribution in [3.05, 3.63) is 48.5 Å². The molecule has 5 heteroatoms. The van der Waals surface area contributed by atoms with E-state index in [1.807, 2.05) is 27.3 Å². The quantitative estimate of drug-likeness (QED) is 0.398. The number of aryl methyl sites for hydroxylation is 1. The third-order valence-electron chi connectivity index (χ3n) is 3.92. The molecule has 1 aliphatic heterocycles. The van der Waals surface area contributed by atoms with Crippen molar-refractivity contribution in [3.8, 4) is 11.5 Å². The lowest BCUT2D eigenvalue weighted by Gasteiger charge is -1.91. The van der Waals surface area contributed by atoms with Crippen LogP contribution in [0.25, 0.3) is 28.2 Å². The molecule has 1 aliphatic rings. The Bertz CT molecular complexity index is 1090. The molecule has 5 heterocycles. The summed E-state index contributed by atoms with van der Waals surface area (Å²) in [6, 6.07) is 5.70. The van der Waals surface area contributed by atoms with Crippen LogP contribution in [0.1, 0.15) is 9.68 Å². The third kappa shape index (κ3) is 1.02. The fourth-order valence-electron chi connectivity index (χ4n) is 3.07. The van der Waals surface area contributed by atoms with Gasteiger partial charge in [-0.2, -0.15) is 4.40 Å². The number of rotatable bonds is 0. The van der Waals surface area contributed by atoms with Gasteiger partial charge in [0.2, 0.25) is 5.65 Å². The predicted molar refractivity (Wildman–Crippen MR) is 74.2 cm³/mol. The van der Waals surface area contributed by atoms with E-state index in [1.165, 1.54) is 4.57 Å². The lowest BCUT2D eigenvalue weighted by atomic mass is 10.2. The lowest BCUT2D eigenvalue weighted by Crippen LogP contribution is -2.29. The monoisotopic (exact) mass is 265 g/mol. The number of hydrogen-bond donors (Lipinski definition) is 0. The van der Waals surface area contributed by atoms with Crippen molar-refractivity contribution in [2.24, 2.45) is 6.98 Å². The highest BCUT2D eigenvalue weighted by molar-refractivity contribution is 5.82. The zero-order valence-electron chi connectivity index (χ0n) is 13.5. The molecule has 0 saturated heterocycles. The Kier molecular flexibility index (Phi) is 1.27. The Morgan fingerprint density at radius 1 is 1.30 bits per heavy atom. The molecule has 0 unspecified atom stereocenters. The largest absolute Gasteiger partial charge is 0.315 e. The molecular weight excluding hydrogens is 250 g/mol. The van der Waals surface area contributed by atoms with Crippen molar-refractivity contribution >= 4 is 16.7 Å². The van der Waals surface area contributed by atoms with E-state index < -0.39 is 6.98 Å². The normalized spacial score (nSPS) is 15.9. The van der Waals surface area contributed by atoms with Gasteiger partial charge in [-0.1, -0.05) is 6.07 Å². The van der Waals surface area contributed by atoms with Crippen LogP contribution in [0.3, 0.4) is 0 Å². The SMILES string of the molecule is [2H]C([2H])([2H])n1c2ccncc2n2c3[n+](cc12)Cc1cccnc1-3. The highest BCUT2D eigenvalue weighted by atomic mass is 15.2. The summed E-state index contributed by atoms with van der Waals surface area (Å²) in [5.74, 6) is 0.900. The van der Waals surface area contributed by atoms with Crippen LogP contribution in [-0.4, -0.2) is 18.9 Å². The van der Waals surface area contributed by atoms with Crippen LogP contribution in [0.4, 0.5) is 0 Å². The molecule has 0 amide bonds. The van der Waals surface area contributed by atoms with E-state index in [9.17, 15) is 0 Å². The Morgan fingerprint density at radius 3 is 3.25 bits per heavy atom. The number of imidazole rings is 2. The van der Waals surface area contributed by atoms with Crippen molar-refractivity contribution < 1.29 is 8.68 Å². The second kappa shape index (κ2) is 3.25. The van der Waals surface area contributed by atoms with Gasteiger partial charge < -0.3 is 4.57 Å². The van der Waals surface area contributed by atoms with Crippen molar-refractivity contribution in [2.45, 2.75) is 6.54 Å². The summed E-state index contributed by atoms with van der Waals surface area (Å²) < 4.78 is 29.0. The van der Waals surface area contributed by atoms with Crippen LogP contribution >= 0.6 is 0 Å². The minimum Gasteiger partial charge on any atom is -0.305 e. The first-order valence-electron chi connectivity index (χ1n) is 7.90. The van der Waals surface area contributed by atoms with Crippen LogP contribution in [0, 0.1) is 0 Å². The topological polar surface area (TPSA) is 39.0 Å². The van der Waals surface area contributed by atoms with E-state index in [1.54, 1.807) is 24.7 Å². The molecular formula is C15H12N5+. The highest BCUT2D eigenvalue weighted by Gasteiger charge is 2.33. The van der Waals surface area contributed by atoms with Crippen molar-refractivity contribution in [1.29, 1.82) is 0 Å². The number of aromatic nitrogens is 5. The van der Waals surface area contributed by atoms with Gasteiger partial charge in [0, 0.05) is 29.0 Å². The maximum Gasteiger partial charge on any atom is 0.315 e. The van der Waals surface area contributed by atoms with Gasteiger partial charge in [-0.05, 0) is 12.1 Å². The number of pyridine rings is 2. The molecule has 0 bridgehead atoms. The Morgan fingerprint density at radius 2 is 2.30 bits per heavy atom. The molecule has 96 valence electrons. The van der Waals surface area contributed by atoms with Crippen LogP contribution in [0.15, 0.2) is 43.0 Å². The van der Waals surface area contributed by atoms with Gasteiger partial charge in [0.15, 0.2) is 17.4 Å². The molecule has 4 aromatic heterocycles. The minimum absolute atomic E-state index is 0.624. The lowest BCUT2D eigenvalue weighted by molar-refractivity contribution is -0.670. The summed E-state index contributed by atoms with van der Waals surface area (Å²) >= 11 is 0. The average molecular weight is 265 g/mol. The van der Waals surface area contributed by atoms with E-state index in [4.69, 9.17) is 4.11 Å². The third-order valence-corrected chi connectivity index (χ3v) is 3.92. The van der Waals surface area contributed by atoms with Gasteiger partial charge in [-0.15, -0.1) is 0 Å². The average Bonchev–Trinajstić information content (AvgIpc) is 3.11. The fourth-order valence-corrected chi connectivity index (χ4v) is 3.07. The molecule has 0 saturated carbocycles. The molecule has 4 aromatic rings. The van der Waals surface area contributed by atoms with Crippen LogP contribution in [0.2, 0.25) is 0 Å². The Balaban J connectivity index is 2.00. The van der Waals surface area contributed by atoms with Gasteiger partial charge in [0.25, 0.3) is 0 Å². The number of hydrogen-bond acceptors (Lipinski definition) is 2. The van der Waals surface area contributed by atoms with Crippen molar-refractivity contribution in [2.75, 3.05) is 0 Å². The molecule has 20 heavy (non-hydrogen) atoms. The molecule has 0 spiro atoms. The predicted octanol–water partition coefficient (Wildman–Crippen LogP) is 1.54.